The van der Waals surface area contributed by atoms with Crippen molar-refractivity contribution >= 4 is 0 Å². The highest BCUT2D eigenvalue weighted by atomic mass is 15.2. The van der Waals surface area contributed by atoms with Crippen LogP contribution in [-0.2, 0) is 0 Å². The average Bonchev–Trinajstić information content (AvgIpc) is 2.60. The molecule has 1 saturated heterocycles. The monoisotopic (exact) mass is 227 g/mol. The summed E-state index contributed by atoms with van der Waals surface area (Å²) < 4.78 is 0. The fourth-order valence-electron chi connectivity index (χ4n) is 2.60. The van der Waals surface area contributed by atoms with Gasteiger partial charge < -0.3 is 15.5 Å². The van der Waals surface area contributed by atoms with Crippen LogP contribution in [0.15, 0.2) is 0 Å². The van der Waals surface area contributed by atoms with E-state index in [0.29, 0.717) is 11.8 Å². The van der Waals surface area contributed by atoms with Crippen molar-refractivity contribution in [3.05, 3.63) is 0 Å². The van der Waals surface area contributed by atoms with Gasteiger partial charge in [-0.1, -0.05) is 13.8 Å². The van der Waals surface area contributed by atoms with E-state index in [-0.39, 0.29) is 0 Å². The Morgan fingerprint density at radius 2 is 2.12 bits per heavy atom. The van der Waals surface area contributed by atoms with Crippen molar-refractivity contribution in [2.75, 3.05) is 40.3 Å². The first-order valence-corrected chi connectivity index (χ1v) is 6.63. The summed E-state index contributed by atoms with van der Waals surface area (Å²) in [7, 11) is 4.48. The highest BCUT2D eigenvalue weighted by Crippen LogP contribution is 2.17. The van der Waals surface area contributed by atoms with Crippen LogP contribution in [0.25, 0.3) is 0 Å². The fraction of sp³-hybridized carbons (Fsp3) is 1.00. The molecule has 2 atom stereocenters. The fourth-order valence-corrected chi connectivity index (χ4v) is 2.60. The van der Waals surface area contributed by atoms with E-state index in [2.05, 4.69) is 37.7 Å². The van der Waals surface area contributed by atoms with Crippen LogP contribution in [0.2, 0.25) is 0 Å². The molecular weight excluding hydrogens is 198 g/mol. The molecule has 96 valence electrons. The van der Waals surface area contributed by atoms with Crippen LogP contribution in [0.4, 0.5) is 0 Å². The summed E-state index contributed by atoms with van der Waals surface area (Å²) in [6.07, 6.45) is 2.72. The molecule has 0 bridgehead atoms. The maximum absolute atomic E-state index is 5.82. The molecule has 1 rings (SSSR count). The number of rotatable bonds is 6. The first-order valence-electron chi connectivity index (χ1n) is 6.63. The van der Waals surface area contributed by atoms with E-state index in [1.807, 2.05) is 0 Å². The van der Waals surface area contributed by atoms with Gasteiger partial charge >= 0.3 is 0 Å². The Balaban J connectivity index is 2.31. The Hall–Kier alpha value is -0.120. The van der Waals surface area contributed by atoms with Crippen LogP contribution >= 0.6 is 0 Å². The molecule has 2 unspecified atom stereocenters. The maximum Gasteiger partial charge on any atom is 0.0220 e. The lowest BCUT2D eigenvalue weighted by atomic mass is 9.95. The molecule has 16 heavy (non-hydrogen) atoms. The number of nitrogens with zero attached hydrogens (tertiary/aromatic N) is 2. The minimum atomic E-state index is 0.636. The summed E-state index contributed by atoms with van der Waals surface area (Å²) in [5.74, 6) is 1.32. The van der Waals surface area contributed by atoms with Gasteiger partial charge in [0.25, 0.3) is 0 Å². The van der Waals surface area contributed by atoms with Crippen LogP contribution in [0.1, 0.15) is 26.7 Å². The van der Waals surface area contributed by atoms with Crippen LogP contribution in [0, 0.1) is 11.8 Å². The van der Waals surface area contributed by atoms with Crippen molar-refractivity contribution < 1.29 is 0 Å². The predicted molar refractivity (Wildman–Crippen MR) is 70.5 cm³/mol. The van der Waals surface area contributed by atoms with E-state index in [9.17, 15) is 0 Å². The van der Waals surface area contributed by atoms with Gasteiger partial charge in [0, 0.05) is 19.1 Å². The summed E-state index contributed by atoms with van der Waals surface area (Å²) in [5.41, 5.74) is 5.82. The van der Waals surface area contributed by atoms with Gasteiger partial charge in [0.1, 0.15) is 0 Å². The van der Waals surface area contributed by atoms with Crippen molar-refractivity contribution in [3.63, 3.8) is 0 Å². The Bertz CT molecular complexity index is 190. The van der Waals surface area contributed by atoms with E-state index in [4.69, 9.17) is 5.73 Å². The van der Waals surface area contributed by atoms with E-state index < -0.39 is 0 Å². The minimum Gasteiger partial charge on any atom is -0.330 e. The number of hydrogen-bond acceptors (Lipinski definition) is 3. The number of likely N-dealkylation sites (tertiary alicyclic amines) is 1. The van der Waals surface area contributed by atoms with Gasteiger partial charge in [-0.3, -0.25) is 0 Å². The molecule has 0 aromatic rings. The zero-order valence-corrected chi connectivity index (χ0v) is 11.4. The number of likely N-dealkylation sites (N-methyl/N-ethyl adjacent to an activating group) is 2. The molecule has 3 heteroatoms. The van der Waals surface area contributed by atoms with Gasteiger partial charge in [-0.05, 0) is 51.9 Å². The Labute approximate surface area is 101 Å². The summed E-state index contributed by atoms with van der Waals surface area (Å²) in [4.78, 5) is 4.95. The molecule has 0 amide bonds. The van der Waals surface area contributed by atoms with Crippen molar-refractivity contribution in [1.82, 2.24) is 9.80 Å². The number of nitrogens with two attached hydrogens (primary N) is 1. The average molecular weight is 227 g/mol. The van der Waals surface area contributed by atoms with Crippen LogP contribution in [0.3, 0.4) is 0 Å². The van der Waals surface area contributed by atoms with Gasteiger partial charge in [0.05, 0.1) is 0 Å². The molecule has 0 aromatic heterocycles. The first kappa shape index (κ1) is 13.9. The standard InChI is InChI=1S/C13H29N3/c1-11(2)12(8-14)9-15(3)10-13-6-5-7-16(13)4/h11-13H,5-10,14H2,1-4H3. The molecule has 0 aromatic carbocycles. The van der Waals surface area contributed by atoms with E-state index >= 15 is 0 Å². The predicted octanol–water partition coefficient (Wildman–Crippen LogP) is 1.24. The van der Waals surface area contributed by atoms with Gasteiger partial charge in [-0.2, -0.15) is 0 Å². The third-order valence-corrected chi connectivity index (χ3v) is 3.99. The second-order valence-electron chi connectivity index (χ2n) is 5.74. The Kier molecular flexibility index (Phi) is 5.73. The molecule has 0 saturated carbocycles. The summed E-state index contributed by atoms with van der Waals surface area (Å²) in [6, 6.07) is 0.760. The number of hydrogen-bond donors (Lipinski definition) is 1. The second-order valence-corrected chi connectivity index (χ2v) is 5.74. The van der Waals surface area contributed by atoms with Crippen molar-refractivity contribution in [1.29, 1.82) is 0 Å². The molecule has 3 nitrogen and oxygen atoms in total. The van der Waals surface area contributed by atoms with E-state index in [0.717, 1.165) is 19.1 Å². The topological polar surface area (TPSA) is 32.5 Å². The maximum atomic E-state index is 5.82. The molecular formula is C13H29N3. The first-order chi connectivity index (χ1) is 7.54. The third kappa shape index (κ3) is 4.04. The van der Waals surface area contributed by atoms with Gasteiger partial charge in [-0.25, -0.2) is 0 Å². The van der Waals surface area contributed by atoms with E-state index in [1.165, 1.54) is 25.9 Å². The second kappa shape index (κ2) is 6.58. The van der Waals surface area contributed by atoms with Gasteiger partial charge in [0.15, 0.2) is 0 Å². The molecule has 2 N–H and O–H groups in total. The van der Waals surface area contributed by atoms with Crippen LogP contribution < -0.4 is 5.73 Å². The minimum absolute atomic E-state index is 0.636. The summed E-state index contributed by atoms with van der Waals surface area (Å²) in [5, 5.41) is 0. The SMILES string of the molecule is CC(C)C(CN)CN(C)CC1CCCN1C. The quantitative estimate of drug-likeness (QED) is 0.741. The van der Waals surface area contributed by atoms with Gasteiger partial charge in [-0.15, -0.1) is 0 Å². The molecule has 1 aliphatic heterocycles. The van der Waals surface area contributed by atoms with Crippen molar-refractivity contribution in [2.45, 2.75) is 32.7 Å². The van der Waals surface area contributed by atoms with E-state index in [1.54, 1.807) is 0 Å². The smallest absolute Gasteiger partial charge is 0.0220 e. The summed E-state index contributed by atoms with van der Waals surface area (Å²) >= 11 is 0. The molecule has 0 spiro atoms. The lowest BCUT2D eigenvalue weighted by Gasteiger charge is -2.30. The Morgan fingerprint density at radius 1 is 1.44 bits per heavy atom. The largest absolute Gasteiger partial charge is 0.330 e. The molecule has 0 aliphatic carbocycles. The highest BCUT2D eigenvalue weighted by Gasteiger charge is 2.23. The zero-order chi connectivity index (χ0) is 12.1. The van der Waals surface area contributed by atoms with Crippen molar-refractivity contribution in [2.24, 2.45) is 17.6 Å². The lowest BCUT2D eigenvalue weighted by molar-refractivity contribution is 0.185. The molecule has 1 heterocycles. The summed E-state index contributed by atoms with van der Waals surface area (Å²) in [6.45, 7) is 8.95. The zero-order valence-electron chi connectivity index (χ0n) is 11.4. The highest BCUT2D eigenvalue weighted by molar-refractivity contribution is 4.80. The third-order valence-electron chi connectivity index (χ3n) is 3.99. The Morgan fingerprint density at radius 3 is 2.56 bits per heavy atom. The molecule has 1 fully saturated rings. The van der Waals surface area contributed by atoms with Crippen molar-refractivity contribution in [3.8, 4) is 0 Å². The molecule has 1 aliphatic rings. The lowest BCUT2D eigenvalue weighted by Crippen LogP contribution is -2.40. The van der Waals surface area contributed by atoms with Gasteiger partial charge in [0.2, 0.25) is 0 Å². The molecule has 0 radical (unpaired) electrons. The van der Waals surface area contributed by atoms with Crippen LogP contribution in [0.5, 0.6) is 0 Å². The van der Waals surface area contributed by atoms with Crippen LogP contribution in [-0.4, -0.2) is 56.1 Å². The normalized spacial score (nSPS) is 24.6.